The number of hydrogen-bond donors (Lipinski definition) is 1. The number of aromatic nitrogens is 2. The van der Waals surface area contributed by atoms with E-state index in [0.29, 0.717) is 6.04 Å². The van der Waals surface area contributed by atoms with Crippen LogP contribution in [0.2, 0.25) is 0 Å². The molecule has 0 atom stereocenters. The molecule has 1 aliphatic heterocycles. The summed E-state index contributed by atoms with van der Waals surface area (Å²) in [5, 5.41) is 0. The van der Waals surface area contributed by atoms with Gasteiger partial charge in [-0.1, -0.05) is 23.8 Å². The Bertz CT molecular complexity index is 630. The lowest BCUT2D eigenvalue weighted by molar-refractivity contribution is 0.501. The number of piperidine rings is 1. The molecule has 0 radical (unpaired) electrons. The SMILES string of the molecule is Cc1cccc(-c2nc(C)ncc2N2CCC(N)CC2)c1. The zero-order chi connectivity index (χ0) is 14.8. The van der Waals surface area contributed by atoms with Crippen molar-refractivity contribution in [2.24, 2.45) is 5.73 Å². The molecule has 1 fully saturated rings. The first kappa shape index (κ1) is 14.0. The Morgan fingerprint density at radius 2 is 1.95 bits per heavy atom. The number of nitrogens with two attached hydrogens (primary N) is 1. The molecule has 21 heavy (non-hydrogen) atoms. The average molecular weight is 282 g/mol. The largest absolute Gasteiger partial charge is 0.368 e. The summed E-state index contributed by atoms with van der Waals surface area (Å²) in [7, 11) is 0. The van der Waals surface area contributed by atoms with Crippen molar-refractivity contribution in [2.75, 3.05) is 18.0 Å². The van der Waals surface area contributed by atoms with Gasteiger partial charge in [0.25, 0.3) is 0 Å². The fourth-order valence-corrected chi connectivity index (χ4v) is 2.84. The van der Waals surface area contributed by atoms with E-state index in [4.69, 9.17) is 10.7 Å². The predicted octanol–water partition coefficient (Wildman–Crippen LogP) is 2.69. The van der Waals surface area contributed by atoms with Gasteiger partial charge in [-0.25, -0.2) is 9.97 Å². The molecule has 0 spiro atoms. The molecule has 0 aliphatic carbocycles. The van der Waals surface area contributed by atoms with Crippen molar-refractivity contribution in [3.05, 3.63) is 41.9 Å². The van der Waals surface area contributed by atoms with Crippen LogP contribution in [-0.4, -0.2) is 29.1 Å². The molecule has 0 unspecified atom stereocenters. The van der Waals surface area contributed by atoms with E-state index in [1.54, 1.807) is 0 Å². The van der Waals surface area contributed by atoms with Crippen molar-refractivity contribution in [3.8, 4) is 11.3 Å². The minimum absolute atomic E-state index is 0.329. The molecule has 0 amide bonds. The summed E-state index contributed by atoms with van der Waals surface area (Å²) in [6.07, 6.45) is 4.01. The molecule has 4 heteroatoms. The van der Waals surface area contributed by atoms with Crippen LogP contribution in [0.5, 0.6) is 0 Å². The Hall–Kier alpha value is -1.94. The second-order valence-corrected chi connectivity index (χ2v) is 5.85. The maximum absolute atomic E-state index is 6.01. The van der Waals surface area contributed by atoms with E-state index < -0.39 is 0 Å². The van der Waals surface area contributed by atoms with Gasteiger partial charge in [0, 0.05) is 24.7 Å². The normalized spacial score (nSPS) is 16.2. The zero-order valence-corrected chi connectivity index (χ0v) is 12.7. The van der Waals surface area contributed by atoms with Gasteiger partial charge in [0.05, 0.1) is 17.6 Å². The molecule has 2 aromatic rings. The molecule has 2 N–H and O–H groups in total. The number of aryl methyl sites for hydroxylation is 2. The van der Waals surface area contributed by atoms with Gasteiger partial charge < -0.3 is 10.6 Å². The summed E-state index contributed by atoms with van der Waals surface area (Å²) >= 11 is 0. The van der Waals surface area contributed by atoms with Crippen LogP contribution in [0.3, 0.4) is 0 Å². The minimum Gasteiger partial charge on any atom is -0.368 e. The molecule has 1 aromatic heterocycles. The summed E-state index contributed by atoms with van der Waals surface area (Å²) in [6.45, 7) is 6.01. The molecule has 2 heterocycles. The zero-order valence-electron chi connectivity index (χ0n) is 12.7. The molecule has 1 saturated heterocycles. The molecule has 1 aromatic carbocycles. The lowest BCUT2D eigenvalue weighted by atomic mass is 10.0. The molecule has 0 saturated carbocycles. The van der Waals surface area contributed by atoms with Crippen LogP contribution in [-0.2, 0) is 0 Å². The van der Waals surface area contributed by atoms with E-state index in [9.17, 15) is 0 Å². The second kappa shape index (κ2) is 5.82. The maximum atomic E-state index is 6.01. The third kappa shape index (κ3) is 3.05. The third-order valence-electron chi connectivity index (χ3n) is 4.06. The van der Waals surface area contributed by atoms with Crippen LogP contribution in [0, 0.1) is 13.8 Å². The van der Waals surface area contributed by atoms with E-state index in [0.717, 1.165) is 48.7 Å². The maximum Gasteiger partial charge on any atom is 0.126 e. The summed E-state index contributed by atoms with van der Waals surface area (Å²) in [4.78, 5) is 11.5. The molecular weight excluding hydrogens is 260 g/mol. The van der Waals surface area contributed by atoms with E-state index >= 15 is 0 Å². The smallest absolute Gasteiger partial charge is 0.126 e. The van der Waals surface area contributed by atoms with E-state index in [1.807, 2.05) is 13.1 Å². The van der Waals surface area contributed by atoms with Crippen LogP contribution >= 0.6 is 0 Å². The lowest BCUT2D eigenvalue weighted by Gasteiger charge is -2.32. The van der Waals surface area contributed by atoms with E-state index in [-0.39, 0.29) is 0 Å². The minimum atomic E-state index is 0.329. The van der Waals surface area contributed by atoms with Gasteiger partial charge in [-0.05, 0) is 32.8 Å². The summed E-state index contributed by atoms with van der Waals surface area (Å²) in [5.41, 5.74) is 10.6. The van der Waals surface area contributed by atoms with Gasteiger partial charge in [-0.15, -0.1) is 0 Å². The van der Waals surface area contributed by atoms with Gasteiger partial charge in [0.15, 0.2) is 0 Å². The summed E-state index contributed by atoms with van der Waals surface area (Å²) in [6, 6.07) is 8.82. The highest BCUT2D eigenvalue weighted by atomic mass is 15.2. The summed E-state index contributed by atoms with van der Waals surface area (Å²) < 4.78 is 0. The number of rotatable bonds is 2. The first-order valence-electron chi connectivity index (χ1n) is 7.54. The monoisotopic (exact) mass is 282 g/mol. The van der Waals surface area contributed by atoms with Crippen molar-refractivity contribution in [2.45, 2.75) is 32.7 Å². The first-order chi connectivity index (χ1) is 10.1. The second-order valence-electron chi connectivity index (χ2n) is 5.85. The topological polar surface area (TPSA) is 55.0 Å². The average Bonchev–Trinajstić information content (AvgIpc) is 2.48. The Kier molecular flexibility index (Phi) is 3.88. The molecule has 3 rings (SSSR count). The van der Waals surface area contributed by atoms with Gasteiger partial charge in [0.2, 0.25) is 0 Å². The van der Waals surface area contributed by atoms with Gasteiger partial charge in [0.1, 0.15) is 5.82 Å². The molecule has 0 bridgehead atoms. The van der Waals surface area contributed by atoms with Crippen molar-refractivity contribution in [1.29, 1.82) is 0 Å². The fourth-order valence-electron chi connectivity index (χ4n) is 2.84. The Labute approximate surface area is 126 Å². The fraction of sp³-hybridized carbons (Fsp3) is 0.412. The number of hydrogen-bond acceptors (Lipinski definition) is 4. The van der Waals surface area contributed by atoms with Gasteiger partial charge >= 0.3 is 0 Å². The number of anilines is 1. The van der Waals surface area contributed by atoms with Gasteiger partial charge in [-0.2, -0.15) is 0 Å². The van der Waals surface area contributed by atoms with Crippen molar-refractivity contribution in [1.82, 2.24) is 9.97 Å². The number of benzene rings is 1. The molecule has 110 valence electrons. The molecule has 4 nitrogen and oxygen atoms in total. The highest BCUT2D eigenvalue weighted by Gasteiger charge is 2.20. The Morgan fingerprint density at radius 3 is 2.67 bits per heavy atom. The highest BCUT2D eigenvalue weighted by Crippen LogP contribution is 2.30. The highest BCUT2D eigenvalue weighted by molar-refractivity contribution is 5.75. The predicted molar refractivity (Wildman–Crippen MR) is 86.4 cm³/mol. The van der Waals surface area contributed by atoms with Crippen LogP contribution in [0.4, 0.5) is 5.69 Å². The summed E-state index contributed by atoms with van der Waals surface area (Å²) in [5.74, 6) is 0.809. The van der Waals surface area contributed by atoms with Crippen LogP contribution < -0.4 is 10.6 Å². The standard InChI is InChI=1S/C17H22N4/c1-12-4-3-5-14(10-12)17-16(11-19-13(2)20-17)21-8-6-15(18)7-9-21/h3-5,10-11,15H,6-9,18H2,1-2H3. The van der Waals surface area contributed by atoms with Crippen LogP contribution in [0.25, 0.3) is 11.3 Å². The van der Waals surface area contributed by atoms with E-state index in [2.05, 4.69) is 41.1 Å². The molecular formula is C17H22N4. The first-order valence-corrected chi connectivity index (χ1v) is 7.54. The van der Waals surface area contributed by atoms with Gasteiger partial charge in [-0.3, -0.25) is 0 Å². The van der Waals surface area contributed by atoms with Crippen molar-refractivity contribution in [3.63, 3.8) is 0 Å². The Morgan fingerprint density at radius 1 is 1.19 bits per heavy atom. The van der Waals surface area contributed by atoms with Crippen molar-refractivity contribution >= 4 is 5.69 Å². The Balaban J connectivity index is 2.01. The quantitative estimate of drug-likeness (QED) is 0.920. The van der Waals surface area contributed by atoms with E-state index in [1.165, 1.54) is 5.56 Å². The van der Waals surface area contributed by atoms with Crippen LogP contribution in [0.15, 0.2) is 30.5 Å². The van der Waals surface area contributed by atoms with Crippen LogP contribution in [0.1, 0.15) is 24.2 Å². The molecule has 1 aliphatic rings. The van der Waals surface area contributed by atoms with Crippen molar-refractivity contribution < 1.29 is 0 Å². The lowest BCUT2D eigenvalue weighted by Crippen LogP contribution is -2.40. The number of nitrogens with zero attached hydrogens (tertiary/aromatic N) is 3. The third-order valence-corrected chi connectivity index (χ3v) is 4.06.